The third-order valence-electron chi connectivity index (χ3n) is 5.28. The Bertz CT molecular complexity index is 876. The molecule has 1 aliphatic rings. The van der Waals surface area contributed by atoms with Crippen molar-refractivity contribution in [1.82, 2.24) is 14.5 Å². The maximum atomic E-state index is 14.4. The molecular formula is C20H25F2N3O3. The lowest BCUT2D eigenvalue weighted by Crippen LogP contribution is -2.47. The summed E-state index contributed by atoms with van der Waals surface area (Å²) in [6.45, 7) is 5.42. The topological polar surface area (TPSA) is 78.6 Å². The van der Waals surface area contributed by atoms with Gasteiger partial charge in [0.15, 0.2) is 11.6 Å². The molecule has 0 saturated heterocycles. The van der Waals surface area contributed by atoms with E-state index in [1.54, 1.807) is 31.4 Å². The Hall–Kier alpha value is -2.48. The zero-order valence-corrected chi connectivity index (χ0v) is 16.2. The van der Waals surface area contributed by atoms with E-state index in [9.17, 15) is 23.8 Å². The summed E-state index contributed by atoms with van der Waals surface area (Å²) in [7, 11) is 0. The fourth-order valence-corrected chi connectivity index (χ4v) is 4.05. The fourth-order valence-electron chi connectivity index (χ4n) is 4.05. The van der Waals surface area contributed by atoms with Crippen LogP contribution in [0.2, 0.25) is 0 Å². The maximum Gasteiger partial charge on any atom is 0.408 e. The highest BCUT2D eigenvalue weighted by atomic mass is 19.2. The Balaban J connectivity index is 2.08. The van der Waals surface area contributed by atoms with Crippen LogP contribution in [0.4, 0.5) is 13.6 Å². The van der Waals surface area contributed by atoms with Crippen LogP contribution in [0.15, 0.2) is 24.4 Å². The van der Waals surface area contributed by atoms with Gasteiger partial charge in [-0.2, -0.15) is 0 Å². The molecule has 0 saturated carbocycles. The lowest BCUT2D eigenvalue weighted by atomic mass is 9.91. The summed E-state index contributed by atoms with van der Waals surface area (Å²) in [5.74, 6) is -1.65. The molecule has 2 atom stereocenters. The largest absolute Gasteiger partial charge is 0.465 e. The van der Waals surface area contributed by atoms with Gasteiger partial charge < -0.3 is 14.8 Å². The molecule has 8 heteroatoms. The van der Waals surface area contributed by atoms with Gasteiger partial charge in [-0.15, -0.1) is 0 Å². The van der Waals surface area contributed by atoms with Crippen LogP contribution in [0.1, 0.15) is 62.7 Å². The molecular weight excluding hydrogens is 368 g/mol. The highest BCUT2D eigenvalue weighted by Gasteiger charge is 2.39. The number of aliphatic hydroxyl groups is 1. The molecule has 0 bridgehead atoms. The number of hydrogen-bond donors (Lipinski definition) is 2. The van der Waals surface area contributed by atoms with Crippen molar-refractivity contribution < 1.29 is 23.8 Å². The number of aliphatic hydroxyl groups excluding tert-OH is 1. The monoisotopic (exact) mass is 393 g/mol. The molecule has 2 heterocycles. The van der Waals surface area contributed by atoms with Crippen LogP contribution < -0.4 is 0 Å². The molecule has 1 aliphatic heterocycles. The minimum atomic E-state index is -1.08. The van der Waals surface area contributed by atoms with Crippen LogP contribution in [0.3, 0.4) is 0 Å². The van der Waals surface area contributed by atoms with Crippen molar-refractivity contribution in [2.75, 3.05) is 0 Å². The van der Waals surface area contributed by atoms with E-state index in [4.69, 9.17) is 0 Å². The first-order valence-corrected chi connectivity index (χ1v) is 9.26. The smallest absolute Gasteiger partial charge is 0.408 e. The standard InChI is InChI=1S/C20H25F2N3O3/c1-20(2,3)25(19(27)28)16-8-7-12(14-5-4-6-15(21)17(14)22)10-24-13(11-26)9-23-18(16)24/h4-6,9,12,16,26H,7-8,10-11H2,1-3H3,(H,27,28)/t12-,16-/m1/s1. The maximum absolute atomic E-state index is 14.4. The van der Waals surface area contributed by atoms with Gasteiger partial charge in [-0.3, -0.25) is 4.90 Å². The van der Waals surface area contributed by atoms with Crippen LogP contribution in [0, 0.1) is 11.6 Å². The molecule has 0 aliphatic carbocycles. The Labute approximate surface area is 162 Å². The van der Waals surface area contributed by atoms with Crippen molar-refractivity contribution in [3.63, 3.8) is 0 Å². The van der Waals surface area contributed by atoms with Gasteiger partial charge in [0, 0.05) is 18.0 Å². The van der Waals surface area contributed by atoms with Gasteiger partial charge in [-0.25, -0.2) is 18.6 Å². The Morgan fingerprint density at radius 1 is 1.32 bits per heavy atom. The molecule has 1 amide bonds. The predicted octanol–water partition coefficient (Wildman–Crippen LogP) is 4.05. The van der Waals surface area contributed by atoms with E-state index in [0.717, 1.165) is 6.07 Å². The number of aromatic nitrogens is 2. The second-order valence-electron chi connectivity index (χ2n) is 8.13. The van der Waals surface area contributed by atoms with Crippen LogP contribution >= 0.6 is 0 Å². The van der Waals surface area contributed by atoms with Gasteiger partial charge in [-0.05, 0) is 45.2 Å². The van der Waals surface area contributed by atoms with Crippen molar-refractivity contribution >= 4 is 6.09 Å². The molecule has 0 unspecified atom stereocenters. The predicted molar refractivity (Wildman–Crippen MR) is 98.8 cm³/mol. The zero-order valence-electron chi connectivity index (χ0n) is 16.2. The van der Waals surface area contributed by atoms with Gasteiger partial charge in [0.25, 0.3) is 0 Å². The second kappa shape index (κ2) is 7.50. The number of benzene rings is 1. The number of amides is 1. The quantitative estimate of drug-likeness (QED) is 0.825. The summed E-state index contributed by atoms with van der Waals surface area (Å²) in [6, 6.07) is 3.54. The highest BCUT2D eigenvalue weighted by Crippen LogP contribution is 2.39. The number of carboxylic acid groups (broad SMARTS) is 1. The first-order chi connectivity index (χ1) is 13.1. The summed E-state index contributed by atoms with van der Waals surface area (Å²) >= 11 is 0. The summed E-state index contributed by atoms with van der Waals surface area (Å²) in [6.07, 6.45) is 1.30. The second-order valence-corrected chi connectivity index (χ2v) is 8.13. The van der Waals surface area contributed by atoms with Gasteiger partial charge in [0.1, 0.15) is 5.82 Å². The van der Waals surface area contributed by atoms with E-state index in [1.165, 1.54) is 17.2 Å². The van der Waals surface area contributed by atoms with E-state index < -0.39 is 29.3 Å². The van der Waals surface area contributed by atoms with E-state index in [0.29, 0.717) is 30.9 Å². The van der Waals surface area contributed by atoms with E-state index >= 15 is 0 Å². The average molecular weight is 393 g/mol. The molecule has 1 aromatic carbocycles. The van der Waals surface area contributed by atoms with Gasteiger partial charge in [0.2, 0.25) is 0 Å². The zero-order chi connectivity index (χ0) is 20.6. The minimum absolute atomic E-state index is 0.252. The lowest BCUT2D eigenvalue weighted by Gasteiger charge is -2.39. The Morgan fingerprint density at radius 3 is 2.64 bits per heavy atom. The van der Waals surface area contributed by atoms with E-state index in [2.05, 4.69) is 4.98 Å². The molecule has 2 aromatic rings. The molecule has 0 radical (unpaired) electrons. The van der Waals surface area contributed by atoms with Crippen LogP contribution in [0.25, 0.3) is 0 Å². The molecule has 2 N–H and O–H groups in total. The number of carbonyl (C=O) groups is 1. The summed E-state index contributed by atoms with van der Waals surface area (Å²) in [5, 5.41) is 19.5. The third-order valence-corrected chi connectivity index (χ3v) is 5.28. The molecule has 1 aromatic heterocycles. The first kappa shape index (κ1) is 20.3. The molecule has 28 heavy (non-hydrogen) atoms. The molecule has 0 fully saturated rings. The van der Waals surface area contributed by atoms with Crippen molar-refractivity contribution in [2.24, 2.45) is 0 Å². The van der Waals surface area contributed by atoms with E-state index in [-0.39, 0.29) is 18.1 Å². The van der Waals surface area contributed by atoms with Crippen molar-refractivity contribution in [3.8, 4) is 0 Å². The molecule has 0 spiro atoms. The average Bonchev–Trinajstić information content (AvgIpc) is 2.92. The normalized spacial score (nSPS) is 19.8. The van der Waals surface area contributed by atoms with E-state index in [1.807, 2.05) is 0 Å². The van der Waals surface area contributed by atoms with Gasteiger partial charge >= 0.3 is 6.09 Å². The minimum Gasteiger partial charge on any atom is -0.465 e. The number of nitrogens with zero attached hydrogens (tertiary/aromatic N) is 3. The van der Waals surface area contributed by atoms with Crippen molar-refractivity contribution in [1.29, 1.82) is 0 Å². The van der Waals surface area contributed by atoms with Crippen LogP contribution in [-0.4, -0.2) is 36.3 Å². The summed E-state index contributed by atoms with van der Waals surface area (Å²) in [5.41, 5.74) is 0.0844. The number of fused-ring (bicyclic) bond motifs is 1. The van der Waals surface area contributed by atoms with Crippen LogP contribution in [0.5, 0.6) is 0 Å². The number of halogens is 2. The number of rotatable bonds is 3. The van der Waals surface area contributed by atoms with Crippen molar-refractivity contribution in [2.45, 2.75) is 64.3 Å². The Morgan fingerprint density at radius 2 is 2.04 bits per heavy atom. The SMILES string of the molecule is CC(C)(C)N(C(=O)O)[C@@H]1CC[C@@H](c2cccc(F)c2F)Cn2c(CO)cnc21. The Kier molecular flexibility index (Phi) is 5.43. The highest BCUT2D eigenvalue weighted by molar-refractivity contribution is 5.66. The molecule has 3 rings (SSSR count). The molecule has 6 nitrogen and oxygen atoms in total. The van der Waals surface area contributed by atoms with Crippen LogP contribution in [-0.2, 0) is 13.2 Å². The van der Waals surface area contributed by atoms with Gasteiger partial charge in [0.05, 0.1) is 24.5 Å². The molecule has 152 valence electrons. The summed E-state index contributed by atoms with van der Waals surface area (Å²) < 4.78 is 29.9. The third kappa shape index (κ3) is 3.61. The number of imidazole rings is 1. The van der Waals surface area contributed by atoms with Crippen molar-refractivity contribution in [3.05, 3.63) is 53.1 Å². The van der Waals surface area contributed by atoms with Gasteiger partial charge in [-0.1, -0.05) is 12.1 Å². The summed E-state index contributed by atoms with van der Waals surface area (Å²) in [4.78, 5) is 17.8. The lowest BCUT2D eigenvalue weighted by molar-refractivity contribution is 0.0633. The first-order valence-electron chi connectivity index (χ1n) is 9.26. The number of hydrogen-bond acceptors (Lipinski definition) is 3. The fraction of sp³-hybridized carbons (Fsp3) is 0.500.